The van der Waals surface area contributed by atoms with Gasteiger partial charge in [0.1, 0.15) is 5.75 Å². The number of nitrogens with one attached hydrogen (secondary N) is 2. The summed E-state index contributed by atoms with van der Waals surface area (Å²) in [5, 5.41) is 11.5. The van der Waals surface area contributed by atoms with E-state index in [1.165, 1.54) is 19.1 Å². The first-order valence-electron chi connectivity index (χ1n) is 11.7. The Labute approximate surface area is 217 Å². The fourth-order valence-corrected chi connectivity index (χ4v) is 5.57. The number of hydrogen-bond donors (Lipinski definition) is 3. The number of anilines is 1. The zero-order valence-electron chi connectivity index (χ0n) is 20.9. The van der Waals surface area contributed by atoms with E-state index in [0.29, 0.717) is 51.4 Å². The molecule has 1 saturated carbocycles. The van der Waals surface area contributed by atoms with Crippen LogP contribution in [0.15, 0.2) is 21.4 Å². The van der Waals surface area contributed by atoms with Crippen molar-refractivity contribution in [2.75, 3.05) is 19.1 Å². The lowest BCUT2D eigenvalue weighted by Gasteiger charge is -2.37. The number of aryl methyl sites for hydroxylation is 1. The van der Waals surface area contributed by atoms with E-state index in [9.17, 15) is 14.4 Å². The van der Waals surface area contributed by atoms with Gasteiger partial charge in [0.05, 0.1) is 11.6 Å². The number of methoxy groups -OCH3 is 1. The summed E-state index contributed by atoms with van der Waals surface area (Å²) >= 11 is 3.53. The molecule has 0 spiro atoms. The maximum atomic E-state index is 13.6. The molecule has 1 atom stereocenters. The third-order valence-electron chi connectivity index (χ3n) is 7.04. The van der Waals surface area contributed by atoms with Crippen molar-refractivity contribution in [3.63, 3.8) is 0 Å². The number of H-pyrrole nitrogens is 1. The van der Waals surface area contributed by atoms with E-state index in [0.717, 1.165) is 12.8 Å². The third kappa shape index (κ3) is 4.63. The minimum atomic E-state index is -1.02. The van der Waals surface area contributed by atoms with E-state index in [1.54, 1.807) is 26.0 Å². The van der Waals surface area contributed by atoms with Crippen LogP contribution >= 0.6 is 15.9 Å². The summed E-state index contributed by atoms with van der Waals surface area (Å²) in [7, 11) is 2.97. The first-order chi connectivity index (χ1) is 16.9. The molecule has 2 aliphatic rings. The highest BCUT2D eigenvalue weighted by molar-refractivity contribution is 9.10. The number of nitrogens with zero attached hydrogens (tertiary/aromatic N) is 1. The van der Waals surface area contributed by atoms with Crippen LogP contribution in [0.1, 0.15) is 54.2 Å². The molecular formula is C25H30BrN3O7. The molecule has 2 heterocycles. The first-order valence-corrected chi connectivity index (χ1v) is 12.5. The molecule has 1 aromatic heterocycles. The third-order valence-corrected chi connectivity index (χ3v) is 7.63. The highest BCUT2D eigenvalue weighted by Gasteiger charge is 2.47. The lowest BCUT2D eigenvalue weighted by Crippen LogP contribution is -2.47. The lowest BCUT2D eigenvalue weighted by molar-refractivity contribution is -0.121. The number of carbonyl (C=O) groups excluding carboxylic acids is 1. The lowest BCUT2D eigenvalue weighted by atomic mass is 9.81. The van der Waals surface area contributed by atoms with Gasteiger partial charge in [-0.1, -0.05) is 0 Å². The number of rotatable bonds is 5. The first kappa shape index (κ1) is 25.9. The highest BCUT2D eigenvalue weighted by Crippen LogP contribution is 2.51. The van der Waals surface area contributed by atoms with Crippen LogP contribution in [0, 0.1) is 19.8 Å². The number of aromatic amines is 1. The Morgan fingerprint density at radius 3 is 2.44 bits per heavy atom. The van der Waals surface area contributed by atoms with Crippen LogP contribution in [0.4, 0.5) is 10.5 Å². The van der Waals surface area contributed by atoms with E-state index in [4.69, 9.17) is 19.3 Å². The molecule has 0 bridgehead atoms. The van der Waals surface area contributed by atoms with Crippen molar-refractivity contribution in [1.82, 2.24) is 10.3 Å². The molecule has 2 aromatic rings. The minimum absolute atomic E-state index is 0.0419. The van der Waals surface area contributed by atoms with Crippen molar-refractivity contribution >= 4 is 33.6 Å². The van der Waals surface area contributed by atoms with E-state index >= 15 is 0 Å². The van der Waals surface area contributed by atoms with Gasteiger partial charge in [0, 0.05) is 48.8 Å². The maximum Gasteiger partial charge on any atom is 0.404 e. The van der Waals surface area contributed by atoms with Crippen LogP contribution < -0.4 is 30.0 Å². The second-order valence-electron chi connectivity index (χ2n) is 9.47. The number of pyridine rings is 1. The molecule has 2 amide bonds. The predicted molar refractivity (Wildman–Crippen MR) is 137 cm³/mol. The van der Waals surface area contributed by atoms with E-state index in [2.05, 4.69) is 26.2 Å². The summed E-state index contributed by atoms with van der Waals surface area (Å²) in [6.45, 7) is 5.39. The Morgan fingerprint density at radius 2 is 1.83 bits per heavy atom. The number of hydrogen-bond acceptors (Lipinski definition) is 6. The van der Waals surface area contributed by atoms with Crippen LogP contribution in [-0.2, 0) is 0 Å². The van der Waals surface area contributed by atoms with Crippen molar-refractivity contribution in [3.05, 3.63) is 43.8 Å². The molecular weight excluding hydrogens is 534 g/mol. The average molecular weight is 564 g/mol. The number of aromatic nitrogens is 1. The van der Waals surface area contributed by atoms with Gasteiger partial charge < -0.3 is 34.5 Å². The molecule has 1 aliphatic carbocycles. The molecule has 1 unspecified atom stereocenters. The zero-order chi connectivity index (χ0) is 26.4. The fraction of sp³-hybridized carbons (Fsp3) is 0.480. The Hall–Kier alpha value is -3.21. The van der Waals surface area contributed by atoms with Gasteiger partial charge in [0.25, 0.3) is 17.3 Å². The molecule has 10 nitrogen and oxygen atoms in total. The number of benzene rings is 1. The standard InChI is InChI=1S/C25H30BrN3O7/c1-12-10-18(34-5)19(22(30)27-12)29(4)23(31)16-11-17(26)21-20(13(16)2)35-25(3,36-21)14-6-8-15(9-7-14)28-24(32)33/h10-11,14-15,28H,6-9H2,1-5H3,(H,27,30)(H,32,33). The van der Waals surface area contributed by atoms with Gasteiger partial charge >= 0.3 is 6.09 Å². The van der Waals surface area contributed by atoms with E-state index in [1.807, 2.05) is 6.92 Å². The van der Waals surface area contributed by atoms with Crippen LogP contribution in [0.25, 0.3) is 0 Å². The van der Waals surface area contributed by atoms with Gasteiger partial charge in [-0.3, -0.25) is 9.59 Å². The van der Waals surface area contributed by atoms with Gasteiger partial charge in [-0.25, -0.2) is 4.79 Å². The van der Waals surface area contributed by atoms with Crippen molar-refractivity contribution in [1.29, 1.82) is 0 Å². The number of carbonyl (C=O) groups is 2. The normalized spacial score (nSPS) is 22.7. The van der Waals surface area contributed by atoms with Crippen molar-refractivity contribution in [2.45, 2.75) is 58.3 Å². The summed E-state index contributed by atoms with van der Waals surface area (Å²) in [5.74, 6) is -0.0225. The molecule has 1 aromatic carbocycles. The molecule has 1 aliphatic heterocycles. The number of halogens is 1. The molecule has 1 fully saturated rings. The summed E-state index contributed by atoms with van der Waals surface area (Å²) in [6, 6.07) is 3.25. The van der Waals surface area contributed by atoms with Crippen LogP contribution in [0.5, 0.6) is 17.2 Å². The molecule has 3 N–H and O–H groups in total. The van der Waals surface area contributed by atoms with Crippen molar-refractivity contribution in [3.8, 4) is 17.2 Å². The zero-order valence-corrected chi connectivity index (χ0v) is 22.4. The molecule has 0 saturated heterocycles. The van der Waals surface area contributed by atoms with Gasteiger partial charge in [-0.15, -0.1) is 0 Å². The van der Waals surface area contributed by atoms with Crippen molar-refractivity contribution in [2.24, 2.45) is 5.92 Å². The average Bonchev–Trinajstić information content (AvgIpc) is 3.19. The Balaban J connectivity index is 1.60. The summed E-state index contributed by atoms with van der Waals surface area (Å²) in [5.41, 5.74) is 1.25. The summed E-state index contributed by atoms with van der Waals surface area (Å²) in [6.07, 6.45) is 1.83. The second kappa shape index (κ2) is 9.68. The predicted octanol–water partition coefficient (Wildman–Crippen LogP) is 4.35. The topological polar surface area (TPSA) is 130 Å². The fourth-order valence-electron chi connectivity index (χ4n) is 5.08. The van der Waals surface area contributed by atoms with Crippen LogP contribution in [-0.4, -0.2) is 48.1 Å². The van der Waals surface area contributed by atoms with Gasteiger partial charge in [-0.05, 0) is 61.5 Å². The van der Waals surface area contributed by atoms with E-state index in [-0.39, 0.29) is 17.6 Å². The maximum absolute atomic E-state index is 13.6. The van der Waals surface area contributed by atoms with Crippen molar-refractivity contribution < 1.29 is 28.9 Å². The Kier molecular flexibility index (Phi) is 6.96. The van der Waals surface area contributed by atoms with Crippen LogP contribution in [0.2, 0.25) is 0 Å². The summed E-state index contributed by atoms with van der Waals surface area (Å²) in [4.78, 5) is 41.2. The van der Waals surface area contributed by atoms with Gasteiger partial charge in [0.2, 0.25) is 0 Å². The SMILES string of the molecule is COc1cc(C)[nH]c(=O)c1N(C)C(=O)c1cc(Br)c2c(c1C)OC(C)(C1CCC(NC(=O)O)CC1)O2. The van der Waals surface area contributed by atoms with Crippen LogP contribution in [0.3, 0.4) is 0 Å². The highest BCUT2D eigenvalue weighted by atomic mass is 79.9. The molecule has 194 valence electrons. The van der Waals surface area contributed by atoms with E-state index < -0.39 is 23.3 Å². The molecule has 0 radical (unpaired) electrons. The summed E-state index contributed by atoms with van der Waals surface area (Å²) < 4.78 is 18.6. The van der Waals surface area contributed by atoms with Gasteiger partial charge in [0.15, 0.2) is 17.2 Å². The monoisotopic (exact) mass is 563 g/mol. The molecule has 11 heteroatoms. The molecule has 4 rings (SSSR count). The largest absolute Gasteiger partial charge is 0.494 e. The number of fused-ring (bicyclic) bond motifs is 1. The Morgan fingerprint density at radius 1 is 1.19 bits per heavy atom. The minimum Gasteiger partial charge on any atom is -0.494 e. The van der Waals surface area contributed by atoms with Gasteiger partial charge in [-0.2, -0.15) is 0 Å². The number of carboxylic acid groups (broad SMARTS) is 1. The second-order valence-corrected chi connectivity index (χ2v) is 10.3. The number of ether oxygens (including phenoxy) is 3. The number of amides is 2. The quantitative estimate of drug-likeness (QED) is 0.492. The Bertz CT molecular complexity index is 1270. The molecule has 36 heavy (non-hydrogen) atoms. The smallest absolute Gasteiger partial charge is 0.404 e.